The van der Waals surface area contributed by atoms with Gasteiger partial charge in [0.1, 0.15) is 18.5 Å². The zero-order chi connectivity index (χ0) is 19.1. The highest BCUT2D eigenvalue weighted by Crippen LogP contribution is 2.14. The number of ether oxygens (including phenoxy) is 2. The van der Waals surface area contributed by atoms with Crippen LogP contribution >= 0.6 is 0 Å². The first-order chi connectivity index (χ1) is 13.2. The first kappa shape index (κ1) is 19.1. The van der Waals surface area contributed by atoms with Gasteiger partial charge < -0.3 is 19.5 Å². The molecule has 1 aromatic heterocycles. The quantitative estimate of drug-likeness (QED) is 0.715. The van der Waals surface area contributed by atoms with Crippen molar-refractivity contribution < 1.29 is 19.4 Å². The molecule has 8 heteroatoms. The number of carbonyl (C=O) groups excluding carboxylic acids is 1. The first-order valence-electron chi connectivity index (χ1n) is 8.89. The topological polar surface area (TPSA) is 88.0 Å². The highest BCUT2D eigenvalue weighted by atomic mass is 16.5. The molecule has 0 saturated carbocycles. The van der Waals surface area contributed by atoms with Crippen LogP contribution in [0.2, 0.25) is 0 Å². The van der Waals surface area contributed by atoms with Crippen molar-refractivity contribution in [2.45, 2.75) is 6.10 Å². The predicted octanol–water partition coefficient (Wildman–Crippen LogP) is 0.825. The zero-order valence-electron chi connectivity index (χ0n) is 15.3. The average molecular weight is 372 g/mol. The molecular formula is C19H24N4O4. The van der Waals surface area contributed by atoms with E-state index in [-0.39, 0.29) is 12.6 Å². The normalized spacial score (nSPS) is 16.0. The summed E-state index contributed by atoms with van der Waals surface area (Å²) in [7, 11) is 1.34. The summed E-state index contributed by atoms with van der Waals surface area (Å²) >= 11 is 0. The van der Waals surface area contributed by atoms with Crippen LogP contribution in [0.5, 0.6) is 5.75 Å². The summed E-state index contributed by atoms with van der Waals surface area (Å²) in [5, 5.41) is 10.2. The third kappa shape index (κ3) is 5.38. The Morgan fingerprint density at radius 2 is 1.81 bits per heavy atom. The number of aliphatic hydroxyl groups is 1. The van der Waals surface area contributed by atoms with Gasteiger partial charge in [-0.1, -0.05) is 0 Å². The number of esters is 1. The van der Waals surface area contributed by atoms with E-state index in [1.165, 1.54) is 7.11 Å². The van der Waals surface area contributed by atoms with Crippen molar-refractivity contribution >= 4 is 11.9 Å². The molecule has 27 heavy (non-hydrogen) atoms. The fourth-order valence-electron chi connectivity index (χ4n) is 2.93. The summed E-state index contributed by atoms with van der Waals surface area (Å²) in [5.74, 6) is 0.964. The maximum absolute atomic E-state index is 11.4. The number of anilines is 1. The van der Waals surface area contributed by atoms with Gasteiger partial charge >= 0.3 is 5.97 Å². The van der Waals surface area contributed by atoms with Crippen LogP contribution in [0.4, 0.5) is 5.95 Å². The highest BCUT2D eigenvalue weighted by molar-refractivity contribution is 5.89. The van der Waals surface area contributed by atoms with E-state index in [9.17, 15) is 9.90 Å². The van der Waals surface area contributed by atoms with Crippen molar-refractivity contribution in [3.8, 4) is 5.75 Å². The number of hydrogen-bond donors (Lipinski definition) is 1. The lowest BCUT2D eigenvalue weighted by Gasteiger charge is -2.35. The van der Waals surface area contributed by atoms with Crippen LogP contribution in [0.15, 0.2) is 42.7 Å². The summed E-state index contributed by atoms with van der Waals surface area (Å²) in [4.78, 5) is 24.3. The molecule has 0 radical (unpaired) electrons. The Morgan fingerprint density at radius 3 is 2.44 bits per heavy atom. The molecule has 0 bridgehead atoms. The minimum atomic E-state index is -0.593. The number of rotatable bonds is 7. The van der Waals surface area contributed by atoms with E-state index in [0.29, 0.717) is 17.9 Å². The molecule has 1 N–H and O–H groups in total. The smallest absolute Gasteiger partial charge is 0.337 e. The Bertz CT molecular complexity index is 718. The number of carbonyl (C=O) groups is 1. The van der Waals surface area contributed by atoms with Crippen molar-refractivity contribution in [3.63, 3.8) is 0 Å². The van der Waals surface area contributed by atoms with E-state index in [4.69, 9.17) is 4.74 Å². The minimum Gasteiger partial charge on any atom is -0.491 e. The van der Waals surface area contributed by atoms with E-state index >= 15 is 0 Å². The van der Waals surface area contributed by atoms with E-state index in [1.807, 2.05) is 0 Å². The Morgan fingerprint density at radius 1 is 1.15 bits per heavy atom. The molecule has 144 valence electrons. The monoisotopic (exact) mass is 372 g/mol. The molecule has 2 aromatic rings. The van der Waals surface area contributed by atoms with E-state index in [1.54, 1.807) is 42.7 Å². The van der Waals surface area contributed by atoms with Gasteiger partial charge in [0.2, 0.25) is 5.95 Å². The molecule has 0 aliphatic carbocycles. The number of hydrogen-bond acceptors (Lipinski definition) is 8. The molecule has 1 aromatic carbocycles. The molecule has 1 aliphatic heterocycles. The van der Waals surface area contributed by atoms with E-state index in [0.717, 1.165) is 32.1 Å². The van der Waals surface area contributed by atoms with Crippen LogP contribution in [-0.2, 0) is 4.74 Å². The highest BCUT2D eigenvalue weighted by Gasteiger charge is 2.20. The van der Waals surface area contributed by atoms with Crippen molar-refractivity contribution in [1.82, 2.24) is 14.9 Å². The third-order valence-corrected chi connectivity index (χ3v) is 4.39. The second kappa shape index (κ2) is 9.29. The second-order valence-electron chi connectivity index (χ2n) is 6.32. The number of β-amino-alcohol motifs (C(OH)–C–C–N with tert-alkyl or cyclic N) is 1. The van der Waals surface area contributed by atoms with Gasteiger partial charge in [-0.25, -0.2) is 14.8 Å². The lowest BCUT2D eigenvalue weighted by molar-refractivity contribution is 0.0599. The number of aliphatic hydroxyl groups excluding tert-OH is 1. The van der Waals surface area contributed by atoms with Gasteiger partial charge in [-0.2, -0.15) is 0 Å². The van der Waals surface area contributed by atoms with Gasteiger partial charge in [0.15, 0.2) is 0 Å². The molecule has 0 spiro atoms. The van der Waals surface area contributed by atoms with Crippen LogP contribution in [0, 0.1) is 0 Å². The number of methoxy groups -OCH3 is 1. The molecule has 0 amide bonds. The molecule has 1 unspecified atom stereocenters. The van der Waals surface area contributed by atoms with Gasteiger partial charge in [-0.15, -0.1) is 0 Å². The number of piperazine rings is 1. The summed E-state index contributed by atoms with van der Waals surface area (Å²) in [6, 6.07) is 8.46. The Hall–Kier alpha value is -2.71. The van der Waals surface area contributed by atoms with Gasteiger partial charge in [0.05, 0.1) is 12.7 Å². The van der Waals surface area contributed by atoms with Crippen molar-refractivity contribution in [3.05, 3.63) is 48.3 Å². The van der Waals surface area contributed by atoms with Gasteiger partial charge in [-0.3, -0.25) is 4.90 Å². The Balaban J connectivity index is 1.40. The molecule has 1 saturated heterocycles. The van der Waals surface area contributed by atoms with Gasteiger partial charge in [-0.05, 0) is 30.3 Å². The summed E-state index contributed by atoms with van der Waals surface area (Å²) < 4.78 is 10.3. The summed E-state index contributed by atoms with van der Waals surface area (Å²) in [6.45, 7) is 4.06. The largest absolute Gasteiger partial charge is 0.491 e. The van der Waals surface area contributed by atoms with Crippen LogP contribution in [0.25, 0.3) is 0 Å². The van der Waals surface area contributed by atoms with Crippen molar-refractivity contribution in [1.29, 1.82) is 0 Å². The summed E-state index contributed by atoms with van der Waals surface area (Å²) in [5.41, 5.74) is 0.464. The Labute approximate surface area is 158 Å². The van der Waals surface area contributed by atoms with Crippen LogP contribution in [-0.4, -0.2) is 78.5 Å². The van der Waals surface area contributed by atoms with Crippen molar-refractivity contribution in [2.75, 3.05) is 51.3 Å². The maximum Gasteiger partial charge on any atom is 0.337 e. The standard InChI is InChI=1S/C19H24N4O4/c1-26-18(25)15-3-5-17(6-4-15)27-14-16(24)13-22-9-11-23(12-10-22)19-20-7-2-8-21-19/h2-8,16,24H,9-14H2,1H3. The summed E-state index contributed by atoms with van der Waals surface area (Å²) in [6.07, 6.45) is 2.89. The molecule has 1 atom stereocenters. The second-order valence-corrected chi connectivity index (χ2v) is 6.32. The maximum atomic E-state index is 11.4. The molecule has 1 aliphatic rings. The fourth-order valence-corrected chi connectivity index (χ4v) is 2.93. The fraction of sp³-hybridized carbons (Fsp3) is 0.421. The van der Waals surface area contributed by atoms with E-state index < -0.39 is 6.10 Å². The predicted molar refractivity (Wildman–Crippen MR) is 100.0 cm³/mol. The van der Waals surface area contributed by atoms with Crippen LogP contribution in [0.1, 0.15) is 10.4 Å². The lowest BCUT2D eigenvalue weighted by Crippen LogP contribution is -2.49. The number of nitrogens with zero attached hydrogens (tertiary/aromatic N) is 4. The van der Waals surface area contributed by atoms with Crippen LogP contribution < -0.4 is 9.64 Å². The average Bonchev–Trinajstić information content (AvgIpc) is 2.73. The first-order valence-corrected chi connectivity index (χ1v) is 8.89. The van der Waals surface area contributed by atoms with Crippen LogP contribution in [0.3, 0.4) is 0 Å². The zero-order valence-corrected chi connectivity index (χ0v) is 15.3. The molecule has 3 rings (SSSR count). The van der Waals surface area contributed by atoms with E-state index in [2.05, 4.69) is 24.5 Å². The van der Waals surface area contributed by atoms with Crippen molar-refractivity contribution in [2.24, 2.45) is 0 Å². The third-order valence-electron chi connectivity index (χ3n) is 4.39. The minimum absolute atomic E-state index is 0.194. The molecule has 1 fully saturated rings. The molecule has 2 heterocycles. The van der Waals surface area contributed by atoms with Gasteiger partial charge in [0.25, 0.3) is 0 Å². The number of benzene rings is 1. The Kier molecular flexibility index (Phi) is 6.56. The van der Waals surface area contributed by atoms with Gasteiger partial charge in [0, 0.05) is 45.1 Å². The lowest BCUT2D eigenvalue weighted by atomic mass is 10.2. The number of aromatic nitrogens is 2. The molecular weight excluding hydrogens is 348 g/mol. The molecule has 8 nitrogen and oxygen atoms in total. The SMILES string of the molecule is COC(=O)c1ccc(OCC(O)CN2CCN(c3ncccn3)CC2)cc1.